The molecule has 0 amide bonds. The van der Waals surface area contributed by atoms with Crippen molar-refractivity contribution in [3.63, 3.8) is 0 Å². The zero-order chi connectivity index (χ0) is 28.9. The van der Waals surface area contributed by atoms with Crippen LogP contribution in [0, 0.1) is 17.5 Å². The maximum Gasteiger partial charge on any atom is 0.269 e. The zero-order valence-corrected chi connectivity index (χ0v) is 23.0. The smallest absolute Gasteiger partial charge is 0.269 e. The Labute approximate surface area is 231 Å². The summed E-state index contributed by atoms with van der Waals surface area (Å²) in [6.45, 7) is 1.86. The topological polar surface area (TPSA) is 97.0 Å². The summed E-state index contributed by atoms with van der Waals surface area (Å²) < 4.78 is 79.0. The van der Waals surface area contributed by atoms with E-state index in [0.29, 0.717) is 41.4 Å². The third kappa shape index (κ3) is 5.98. The lowest BCUT2D eigenvalue weighted by Crippen LogP contribution is -2.34. The number of dihydropyridines is 1. The van der Waals surface area contributed by atoms with Crippen LogP contribution in [0.2, 0.25) is 0 Å². The molecule has 4 rings (SSSR count). The SMILES string of the molecule is CCCC(CCO)n1cc(C2=CC=NCC2)c(-c2cccc(N(COC)S(=O)(=O)c3cc(F)ccc3F)c2F)n1. The number of hydrogen-bond donors (Lipinski definition) is 1. The molecular weight excluding hydrogens is 545 g/mol. The molecule has 1 aromatic heterocycles. The largest absolute Gasteiger partial charge is 0.396 e. The van der Waals surface area contributed by atoms with Crippen LogP contribution in [0.1, 0.15) is 44.2 Å². The first-order chi connectivity index (χ1) is 19.2. The fourth-order valence-corrected chi connectivity index (χ4v) is 6.15. The Balaban J connectivity index is 1.89. The number of anilines is 1. The fraction of sp³-hybridized carbons (Fsp3) is 0.357. The fourth-order valence-electron chi connectivity index (χ4n) is 4.69. The van der Waals surface area contributed by atoms with E-state index in [2.05, 4.69) is 4.99 Å². The van der Waals surface area contributed by atoms with Gasteiger partial charge in [0.25, 0.3) is 10.0 Å². The standard InChI is InChI=1S/C28H31F3N4O4S/c1-3-5-21(12-15-36)34-17-23(19-10-13-32-14-11-19)28(33-34)22-6-4-7-25(27(22)31)35(18-39-2)40(37,38)26-16-20(29)8-9-24(26)30/h4,6-10,13,16-17,21,36H,3,5,11-12,14-15,18H2,1-2H3. The van der Waals surface area contributed by atoms with Crippen LogP contribution in [0.4, 0.5) is 18.9 Å². The number of ether oxygens (including phenoxy) is 1. The lowest BCUT2D eigenvalue weighted by atomic mass is 9.97. The van der Waals surface area contributed by atoms with Crippen LogP contribution < -0.4 is 4.31 Å². The monoisotopic (exact) mass is 576 g/mol. The first-order valence-electron chi connectivity index (χ1n) is 12.9. The van der Waals surface area contributed by atoms with Crippen molar-refractivity contribution in [2.24, 2.45) is 4.99 Å². The number of aliphatic hydroxyl groups excluding tert-OH is 1. The number of aliphatic hydroxyl groups is 1. The minimum Gasteiger partial charge on any atom is -0.396 e. The minimum atomic E-state index is -4.77. The second-order valence-electron chi connectivity index (χ2n) is 9.31. The van der Waals surface area contributed by atoms with Gasteiger partial charge in [0.2, 0.25) is 0 Å². The molecule has 1 aliphatic heterocycles. The van der Waals surface area contributed by atoms with Crippen molar-refractivity contribution in [2.45, 2.75) is 43.5 Å². The van der Waals surface area contributed by atoms with E-state index in [9.17, 15) is 22.3 Å². The normalized spacial score (nSPS) is 14.3. The molecule has 0 saturated heterocycles. The van der Waals surface area contributed by atoms with Crippen molar-refractivity contribution in [2.75, 3.05) is 31.3 Å². The van der Waals surface area contributed by atoms with E-state index in [4.69, 9.17) is 9.84 Å². The Morgan fingerprint density at radius 3 is 2.62 bits per heavy atom. The third-order valence-electron chi connectivity index (χ3n) is 6.64. The van der Waals surface area contributed by atoms with Gasteiger partial charge in [-0.2, -0.15) is 5.10 Å². The molecule has 0 saturated carbocycles. The quantitative estimate of drug-likeness (QED) is 0.293. The number of methoxy groups -OCH3 is 1. The number of hydrogen-bond acceptors (Lipinski definition) is 6. The van der Waals surface area contributed by atoms with Gasteiger partial charge in [0, 0.05) is 43.8 Å². The Morgan fingerprint density at radius 1 is 1.15 bits per heavy atom. The predicted molar refractivity (Wildman–Crippen MR) is 147 cm³/mol. The van der Waals surface area contributed by atoms with Gasteiger partial charge in [0.1, 0.15) is 29.0 Å². The Hall–Kier alpha value is -3.48. The molecule has 2 aromatic carbocycles. The van der Waals surface area contributed by atoms with Gasteiger partial charge >= 0.3 is 0 Å². The van der Waals surface area contributed by atoms with Gasteiger partial charge in [-0.15, -0.1) is 0 Å². The Morgan fingerprint density at radius 2 is 1.95 bits per heavy atom. The van der Waals surface area contributed by atoms with E-state index in [1.54, 1.807) is 10.9 Å². The first-order valence-corrected chi connectivity index (χ1v) is 14.3. The lowest BCUT2D eigenvalue weighted by molar-refractivity contribution is 0.209. The Kier molecular flexibility index (Phi) is 9.44. The highest BCUT2D eigenvalue weighted by atomic mass is 32.2. The molecule has 214 valence electrons. The molecule has 1 atom stereocenters. The number of aliphatic imine (C=N–C) groups is 1. The number of nitrogens with zero attached hydrogens (tertiary/aromatic N) is 4. The van der Waals surface area contributed by atoms with Crippen LogP contribution in [0.5, 0.6) is 0 Å². The molecular formula is C28H31F3N4O4S. The summed E-state index contributed by atoms with van der Waals surface area (Å²) in [6.07, 6.45) is 7.94. The summed E-state index contributed by atoms with van der Waals surface area (Å²) in [7, 11) is -3.57. The van der Waals surface area contributed by atoms with Gasteiger partial charge < -0.3 is 9.84 Å². The van der Waals surface area contributed by atoms with Crippen molar-refractivity contribution in [1.82, 2.24) is 9.78 Å². The number of sulfonamides is 1. The van der Waals surface area contributed by atoms with Crippen LogP contribution in [0.25, 0.3) is 16.8 Å². The summed E-state index contributed by atoms with van der Waals surface area (Å²) in [5.74, 6) is -3.07. The van der Waals surface area contributed by atoms with E-state index in [1.807, 2.05) is 19.2 Å². The maximum absolute atomic E-state index is 16.3. The summed E-state index contributed by atoms with van der Waals surface area (Å²) in [4.78, 5) is 3.27. The number of benzene rings is 2. The lowest BCUT2D eigenvalue weighted by Gasteiger charge is -2.25. The molecule has 8 nitrogen and oxygen atoms in total. The van der Waals surface area contributed by atoms with Crippen LogP contribution >= 0.6 is 0 Å². The summed E-state index contributed by atoms with van der Waals surface area (Å²) in [5, 5.41) is 14.3. The van der Waals surface area contributed by atoms with Gasteiger partial charge in [-0.05, 0) is 61.2 Å². The molecule has 12 heteroatoms. The van der Waals surface area contributed by atoms with E-state index in [-0.39, 0.29) is 23.9 Å². The van der Waals surface area contributed by atoms with Crippen LogP contribution in [-0.2, 0) is 14.8 Å². The summed E-state index contributed by atoms with van der Waals surface area (Å²) in [6, 6.07) is 6.06. The third-order valence-corrected chi connectivity index (χ3v) is 8.39. The van der Waals surface area contributed by atoms with Crippen molar-refractivity contribution >= 4 is 27.5 Å². The molecule has 1 unspecified atom stereocenters. The van der Waals surface area contributed by atoms with Gasteiger partial charge in [0.05, 0.1) is 11.7 Å². The van der Waals surface area contributed by atoms with Crippen molar-refractivity contribution in [3.8, 4) is 11.3 Å². The molecule has 3 aromatic rings. The van der Waals surface area contributed by atoms with Gasteiger partial charge in [-0.25, -0.2) is 25.9 Å². The maximum atomic E-state index is 16.3. The highest BCUT2D eigenvalue weighted by Gasteiger charge is 2.32. The molecule has 1 aliphatic rings. The predicted octanol–water partition coefficient (Wildman–Crippen LogP) is 5.35. The highest BCUT2D eigenvalue weighted by Crippen LogP contribution is 2.38. The van der Waals surface area contributed by atoms with E-state index < -0.39 is 44.8 Å². The average molecular weight is 577 g/mol. The molecule has 1 N–H and O–H groups in total. The number of halogens is 3. The van der Waals surface area contributed by atoms with E-state index in [0.717, 1.165) is 24.5 Å². The molecule has 0 bridgehead atoms. The molecule has 40 heavy (non-hydrogen) atoms. The van der Waals surface area contributed by atoms with Crippen molar-refractivity contribution in [3.05, 3.63) is 71.7 Å². The zero-order valence-electron chi connectivity index (χ0n) is 22.2. The van der Waals surface area contributed by atoms with E-state index >= 15 is 4.39 Å². The molecule has 0 spiro atoms. The van der Waals surface area contributed by atoms with Crippen molar-refractivity contribution < 1.29 is 31.4 Å². The number of aromatic nitrogens is 2. The average Bonchev–Trinajstić information content (AvgIpc) is 3.39. The summed E-state index contributed by atoms with van der Waals surface area (Å²) >= 11 is 0. The highest BCUT2D eigenvalue weighted by molar-refractivity contribution is 7.92. The van der Waals surface area contributed by atoms with Crippen LogP contribution in [0.15, 0.2) is 58.6 Å². The summed E-state index contributed by atoms with van der Waals surface area (Å²) in [5.41, 5.74) is 1.42. The van der Waals surface area contributed by atoms with Gasteiger partial charge in [-0.3, -0.25) is 9.67 Å². The van der Waals surface area contributed by atoms with E-state index in [1.165, 1.54) is 25.3 Å². The Bertz CT molecular complexity index is 1520. The second kappa shape index (κ2) is 12.8. The first kappa shape index (κ1) is 29.5. The number of rotatable bonds is 12. The molecule has 2 heterocycles. The van der Waals surface area contributed by atoms with Crippen LogP contribution in [0.3, 0.4) is 0 Å². The van der Waals surface area contributed by atoms with Gasteiger partial charge in [0.15, 0.2) is 5.82 Å². The van der Waals surface area contributed by atoms with Gasteiger partial charge in [-0.1, -0.05) is 19.4 Å². The molecule has 0 fully saturated rings. The molecule has 0 radical (unpaired) electrons. The molecule has 0 aliphatic carbocycles. The second-order valence-corrected chi connectivity index (χ2v) is 11.1. The van der Waals surface area contributed by atoms with Crippen molar-refractivity contribution in [1.29, 1.82) is 0 Å². The van der Waals surface area contributed by atoms with Crippen LogP contribution in [-0.4, -0.2) is 56.5 Å². The number of allylic oxidation sites excluding steroid dienone is 1. The minimum absolute atomic E-state index is 0.0185.